The number of aryl methyl sites for hydroxylation is 1. The minimum atomic E-state index is 0.224. The summed E-state index contributed by atoms with van der Waals surface area (Å²) in [7, 11) is 0. The van der Waals surface area contributed by atoms with Gasteiger partial charge < -0.3 is 16.0 Å². The Bertz CT molecular complexity index is 1000. The van der Waals surface area contributed by atoms with E-state index < -0.39 is 0 Å². The highest BCUT2D eigenvalue weighted by Gasteiger charge is 2.38. The molecule has 3 N–H and O–H groups in total. The van der Waals surface area contributed by atoms with E-state index in [0.29, 0.717) is 0 Å². The van der Waals surface area contributed by atoms with E-state index in [1.807, 2.05) is 11.3 Å². The number of thiazole rings is 1. The van der Waals surface area contributed by atoms with Crippen LogP contribution in [0.25, 0.3) is 10.1 Å². The molecule has 1 aliphatic heterocycles. The first kappa shape index (κ1) is 20.3. The zero-order chi connectivity index (χ0) is 20.6. The fourth-order valence-electron chi connectivity index (χ4n) is 5.46. The van der Waals surface area contributed by atoms with Gasteiger partial charge in [-0.2, -0.15) is 0 Å². The molecule has 0 bridgehead atoms. The second kappa shape index (κ2) is 8.48. The number of hydrogen-bond acceptors (Lipinski definition) is 6. The van der Waals surface area contributed by atoms with Crippen LogP contribution in [0.5, 0.6) is 0 Å². The molecule has 5 rings (SSSR count). The quantitative estimate of drug-likeness (QED) is 0.533. The number of nitrogens with one attached hydrogen (secondary N) is 1. The largest absolute Gasteiger partial charge is 0.375 e. The zero-order valence-corrected chi connectivity index (χ0v) is 19.5. The number of benzene rings is 1. The van der Waals surface area contributed by atoms with Crippen LogP contribution in [0.3, 0.4) is 0 Å². The summed E-state index contributed by atoms with van der Waals surface area (Å²) >= 11 is 3.55. The van der Waals surface area contributed by atoms with Gasteiger partial charge in [-0.3, -0.25) is 0 Å². The lowest BCUT2D eigenvalue weighted by Gasteiger charge is -2.43. The van der Waals surface area contributed by atoms with E-state index >= 15 is 0 Å². The molecular formula is C24H32N4S2. The van der Waals surface area contributed by atoms with Crippen molar-refractivity contribution in [1.29, 1.82) is 0 Å². The molecule has 30 heavy (non-hydrogen) atoms. The third-order valence-corrected chi connectivity index (χ3v) is 8.80. The average Bonchev–Trinajstić information content (AvgIpc) is 3.38. The Morgan fingerprint density at radius 1 is 1.27 bits per heavy atom. The van der Waals surface area contributed by atoms with Crippen molar-refractivity contribution >= 4 is 43.6 Å². The summed E-state index contributed by atoms with van der Waals surface area (Å²) in [6, 6.07) is 9.04. The number of aromatic nitrogens is 1. The number of rotatable bonds is 6. The fourth-order valence-corrected chi connectivity index (χ4v) is 7.29. The lowest BCUT2D eigenvalue weighted by Crippen LogP contribution is -2.51. The number of fused-ring (bicyclic) bond motifs is 2. The summed E-state index contributed by atoms with van der Waals surface area (Å²) in [5.41, 5.74) is 8.92. The summed E-state index contributed by atoms with van der Waals surface area (Å²) in [5.74, 6) is 0.791. The summed E-state index contributed by atoms with van der Waals surface area (Å²) in [5, 5.41) is 8.35. The second-order valence-corrected chi connectivity index (χ2v) is 11.1. The van der Waals surface area contributed by atoms with Crippen LogP contribution < -0.4 is 16.0 Å². The van der Waals surface area contributed by atoms with E-state index in [4.69, 9.17) is 5.73 Å². The predicted molar refractivity (Wildman–Crippen MR) is 131 cm³/mol. The lowest BCUT2D eigenvalue weighted by atomic mass is 9.74. The number of nitrogens with two attached hydrogens (primary N) is 1. The Labute approximate surface area is 187 Å². The van der Waals surface area contributed by atoms with Crippen molar-refractivity contribution in [2.24, 2.45) is 5.92 Å². The monoisotopic (exact) mass is 440 g/mol. The van der Waals surface area contributed by atoms with Crippen LogP contribution in [0.15, 0.2) is 29.6 Å². The van der Waals surface area contributed by atoms with Crippen LogP contribution in [-0.4, -0.2) is 30.2 Å². The van der Waals surface area contributed by atoms with E-state index in [1.165, 1.54) is 71.5 Å². The number of thiophene rings is 1. The van der Waals surface area contributed by atoms with Gasteiger partial charge in [0.2, 0.25) is 0 Å². The standard InChI is InChI=1S/C24H32N4S2/c1-2-11-26-24(10-6-19-22(16-24)30-23(25)27-19)15-17-7-12-28(13-8-17)20-4-3-5-21-18(20)9-14-29-21/h3-5,9,14,17,26H,2,6-8,10-13,15-16H2,1H3,(H2,25,27). The van der Waals surface area contributed by atoms with E-state index in [9.17, 15) is 0 Å². The highest BCUT2D eigenvalue weighted by Crippen LogP contribution is 2.40. The molecule has 2 aromatic heterocycles. The minimum absolute atomic E-state index is 0.224. The van der Waals surface area contributed by atoms with Gasteiger partial charge >= 0.3 is 0 Å². The van der Waals surface area contributed by atoms with Crippen molar-refractivity contribution in [3.05, 3.63) is 40.2 Å². The van der Waals surface area contributed by atoms with Crippen molar-refractivity contribution in [3.8, 4) is 0 Å². The molecule has 0 amide bonds. The Kier molecular flexibility index (Phi) is 5.73. The smallest absolute Gasteiger partial charge is 0.180 e. The van der Waals surface area contributed by atoms with Gasteiger partial charge in [-0.1, -0.05) is 13.0 Å². The lowest BCUT2D eigenvalue weighted by molar-refractivity contribution is 0.206. The molecule has 3 heterocycles. The van der Waals surface area contributed by atoms with Crippen LogP contribution in [0.1, 0.15) is 49.6 Å². The number of nitrogen functional groups attached to an aromatic ring is 1. The van der Waals surface area contributed by atoms with Gasteiger partial charge in [0.25, 0.3) is 0 Å². The van der Waals surface area contributed by atoms with Gasteiger partial charge in [0.15, 0.2) is 5.13 Å². The summed E-state index contributed by atoms with van der Waals surface area (Å²) < 4.78 is 1.40. The minimum Gasteiger partial charge on any atom is -0.375 e. The van der Waals surface area contributed by atoms with Gasteiger partial charge in [-0.05, 0) is 74.6 Å². The molecule has 0 spiro atoms. The maximum Gasteiger partial charge on any atom is 0.180 e. The molecule has 1 fully saturated rings. The summed E-state index contributed by atoms with van der Waals surface area (Å²) in [6.07, 6.45) is 8.40. The summed E-state index contributed by atoms with van der Waals surface area (Å²) in [4.78, 5) is 8.60. The third-order valence-electron chi connectivity index (χ3n) is 6.99. The average molecular weight is 441 g/mol. The van der Waals surface area contributed by atoms with Crippen LogP contribution in [0.2, 0.25) is 0 Å². The first-order valence-corrected chi connectivity index (χ1v) is 13.1. The van der Waals surface area contributed by atoms with E-state index in [0.717, 1.165) is 30.4 Å². The predicted octanol–water partition coefficient (Wildman–Crippen LogP) is 5.47. The van der Waals surface area contributed by atoms with Gasteiger partial charge in [0, 0.05) is 45.7 Å². The van der Waals surface area contributed by atoms with E-state index in [2.05, 4.69) is 51.8 Å². The Morgan fingerprint density at radius 3 is 2.97 bits per heavy atom. The first-order valence-electron chi connectivity index (χ1n) is 11.4. The molecule has 3 aromatic rings. The molecule has 4 nitrogen and oxygen atoms in total. The third kappa shape index (κ3) is 3.97. The molecule has 2 aliphatic rings. The molecule has 0 radical (unpaired) electrons. The highest BCUT2D eigenvalue weighted by molar-refractivity contribution is 7.17. The highest BCUT2D eigenvalue weighted by atomic mass is 32.1. The van der Waals surface area contributed by atoms with Gasteiger partial charge in [-0.25, -0.2) is 4.98 Å². The molecular weight excluding hydrogens is 408 g/mol. The van der Waals surface area contributed by atoms with Crippen molar-refractivity contribution < 1.29 is 0 Å². The van der Waals surface area contributed by atoms with Crippen LogP contribution in [-0.2, 0) is 12.8 Å². The molecule has 1 saturated heterocycles. The molecule has 160 valence electrons. The van der Waals surface area contributed by atoms with E-state index in [1.54, 1.807) is 11.3 Å². The maximum absolute atomic E-state index is 6.02. The van der Waals surface area contributed by atoms with Crippen molar-refractivity contribution in [2.45, 2.75) is 57.4 Å². The molecule has 6 heteroatoms. The molecule has 1 aromatic carbocycles. The molecule has 1 aliphatic carbocycles. The van der Waals surface area contributed by atoms with Crippen LogP contribution in [0, 0.1) is 5.92 Å². The maximum atomic E-state index is 6.02. The Morgan fingerprint density at radius 2 is 2.13 bits per heavy atom. The van der Waals surface area contributed by atoms with E-state index in [-0.39, 0.29) is 5.54 Å². The zero-order valence-electron chi connectivity index (χ0n) is 17.8. The Hall–Kier alpha value is -1.63. The number of hydrogen-bond donors (Lipinski definition) is 2. The van der Waals surface area contributed by atoms with Crippen LogP contribution >= 0.6 is 22.7 Å². The SMILES string of the molecule is CCCNC1(CC2CCN(c3cccc4sccc34)CC2)CCc2nc(N)sc2C1. The fraction of sp³-hybridized carbons (Fsp3) is 0.542. The topological polar surface area (TPSA) is 54.2 Å². The van der Waals surface area contributed by atoms with Crippen molar-refractivity contribution in [1.82, 2.24) is 10.3 Å². The number of nitrogens with zero attached hydrogens (tertiary/aromatic N) is 2. The number of piperidine rings is 1. The van der Waals surface area contributed by atoms with Crippen LogP contribution in [0.4, 0.5) is 10.8 Å². The normalized spacial score (nSPS) is 22.5. The first-order chi connectivity index (χ1) is 14.7. The molecule has 1 unspecified atom stereocenters. The van der Waals surface area contributed by atoms with Gasteiger partial charge in [-0.15, -0.1) is 22.7 Å². The van der Waals surface area contributed by atoms with Gasteiger partial charge in [0.05, 0.1) is 5.69 Å². The van der Waals surface area contributed by atoms with Crippen molar-refractivity contribution in [3.63, 3.8) is 0 Å². The second-order valence-electron chi connectivity index (χ2n) is 9.05. The number of anilines is 2. The van der Waals surface area contributed by atoms with Gasteiger partial charge in [0.1, 0.15) is 0 Å². The van der Waals surface area contributed by atoms with Crippen molar-refractivity contribution in [2.75, 3.05) is 30.3 Å². The summed E-state index contributed by atoms with van der Waals surface area (Å²) in [6.45, 7) is 5.70. The molecule has 0 saturated carbocycles. The molecule has 1 atom stereocenters. The Balaban J connectivity index is 1.27.